The van der Waals surface area contributed by atoms with Crippen molar-refractivity contribution in [3.63, 3.8) is 0 Å². The fraction of sp³-hybridized carbons (Fsp3) is 0.429. The van der Waals surface area contributed by atoms with Crippen LogP contribution in [0.4, 0.5) is 5.82 Å². The zero-order valence-electron chi connectivity index (χ0n) is 32.2. The number of aryl methyl sites for hydroxylation is 1. The summed E-state index contributed by atoms with van der Waals surface area (Å²) in [5.74, 6) is 1.12. The van der Waals surface area contributed by atoms with Gasteiger partial charge in [0.2, 0.25) is 0 Å². The van der Waals surface area contributed by atoms with E-state index >= 15 is 0 Å². The number of anilines is 1. The van der Waals surface area contributed by atoms with Crippen LogP contribution in [0.2, 0.25) is 0 Å². The van der Waals surface area contributed by atoms with E-state index in [1.807, 2.05) is 38.5 Å². The van der Waals surface area contributed by atoms with Gasteiger partial charge in [-0.15, -0.1) is 0 Å². The Morgan fingerprint density at radius 1 is 0.836 bits per heavy atom. The Kier molecular flexibility index (Phi) is 12.3. The lowest BCUT2D eigenvalue weighted by atomic mass is 9.98. The number of ketones is 2. The second kappa shape index (κ2) is 17.3. The Morgan fingerprint density at radius 2 is 1.62 bits per heavy atom. The van der Waals surface area contributed by atoms with Crippen LogP contribution in [-0.4, -0.2) is 90.2 Å². The van der Waals surface area contributed by atoms with Crippen molar-refractivity contribution < 1.29 is 33.4 Å². The Morgan fingerprint density at radius 3 is 2.38 bits per heavy atom. The Hall–Kier alpha value is -5.56. The number of imide groups is 1. The minimum atomic E-state index is -0.949. The number of amides is 2. The maximum absolute atomic E-state index is 13.6. The highest BCUT2D eigenvalue weighted by Crippen LogP contribution is 2.40. The quantitative estimate of drug-likeness (QED) is 0.123. The molecule has 1 aliphatic carbocycles. The van der Waals surface area contributed by atoms with Crippen LogP contribution in [-0.2, 0) is 23.2 Å². The third-order valence-corrected chi connectivity index (χ3v) is 10.2. The van der Waals surface area contributed by atoms with Crippen molar-refractivity contribution in [2.24, 2.45) is 7.05 Å². The number of nitrogens with zero attached hydrogens (tertiary/aromatic N) is 4. The summed E-state index contributed by atoms with van der Waals surface area (Å²) in [6, 6.07) is 9.77. The van der Waals surface area contributed by atoms with Gasteiger partial charge in [0.05, 0.1) is 43.4 Å². The number of fused-ring (bicyclic) bond motifs is 2. The molecule has 6 rings (SSSR count). The number of carbonyl (C=O) groups is 4. The predicted octanol–water partition coefficient (Wildman–Crippen LogP) is 5.80. The maximum atomic E-state index is 13.6. The summed E-state index contributed by atoms with van der Waals surface area (Å²) in [7, 11) is 8.97. The molecule has 1 aliphatic heterocycles. The monoisotopic (exact) mass is 751 g/mol. The largest absolute Gasteiger partial charge is 0.496 e. The van der Waals surface area contributed by atoms with E-state index < -0.39 is 17.9 Å². The van der Waals surface area contributed by atoms with Gasteiger partial charge in [0.25, 0.3) is 17.4 Å². The first-order chi connectivity index (χ1) is 26.5. The van der Waals surface area contributed by atoms with Crippen molar-refractivity contribution in [2.75, 3.05) is 46.8 Å². The summed E-state index contributed by atoms with van der Waals surface area (Å²) >= 11 is 0. The van der Waals surface area contributed by atoms with Crippen LogP contribution in [0.25, 0.3) is 21.9 Å². The molecule has 55 heavy (non-hydrogen) atoms. The van der Waals surface area contributed by atoms with Crippen molar-refractivity contribution in [2.45, 2.75) is 70.4 Å². The molecule has 0 spiro atoms. The maximum Gasteiger partial charge on any atom is 0.266 e. The molecule has 0 bridgehead atoms. The molecule has 1 atom stereocenters. The number of aromatic nitrogens is 2. The molecule has 1 fully saturated rings. The summed E-state index contributed by atoms with van der Waals surface area (Å²) in [6.07, 6.45) is 7.86. The summed E-state index contributed by atoms with van der Waals surface area (Å²) < 4.78 is 19.2. The van der Waals surface area contributed by atoms with Crippen molar-refractivity contribution >= 4 is 40.0 Å². The van der Waals surface area contributed by atoms with Gasteiger partial charge in [-0.1, -0.05) is 6.07 Å². The van der Waals surface area contributed by atoms with Crippen molar-refractivity contribution in [1.29, 1.82) is 0 Å². The molecule has 4 aromatic rings. The zero-order valence-corrected chi connectivity index (χ0v) is 32.2. The molecule has 0 saturated heterocycles. The van der Waals surface area contributed by atoms with Gasteiger partial charge in [0.15, 0.2) is 5.78 Å². The van der Waals surface area contributed by atoms with Gasteiger partial charge in [-0.05, 0) is 83.0 Å². The van der Waals surface area contributed by atoms with E-state index in [2.05, 4.69) is 15.2 Å². The summed E-state index contributed by atoms with van der Waals surface area (Å²) in [5, 5.41) is 4.60. The van der Waals surface area contributed by atoms with Crippen LogP contribution in [0.5, 0.6) is 17.2 Å². The summed E-state index contributed by atoms with van der Waals surface area (Å²) in [4.78, 5) is 73.1. The number of carbonyl (C=O) groups excluding carboxylic acids is 4. The smallest absolute Gasteiger partial charge is 0.266 e. The number of rotatable bonds is 14. The number of hydrogen-bond acceptors (Lipinski definition) is 11. The minimum Gasteiger partial charge on any atom is -0.496 e. The van der Waals surface area contributed by atoms with Crippen LogP contribution in [0, 0.1) is 0 Å². The molecule has 290 valence electrons. The van der Waals surface area contributed by atoms with Crippen molar-refractivity contribution in [3.05, 3.63) is 75.8 Å². The minimum absolute atomic E-state index is 0.0464. The third-order valence-electron chi connectivity index (χ3n) is 10.2. The molecule has 13 heteroatoms. The molecule has 2 aromatic heterocycles. The van der Waals surface area contributed by atoms with E-state index in [9.17, 15) is 24.0 Å². The van der Waals surface area contributed by atoms with Crippen molar-refractivity contribution in [3.8, 4) is 28.4 Å². The molecule has 1 N–H and O–H groups in total. The molecular weight excluding hydrogens is 702 g/mol. The Bertz CT molecular complexity index is 2180. The number of methoxy groups -OCH3 is 2. The van der Waals surface area contributed by atoms with E-state index in [4.69, 9.17) is 14.2 Å². The first-order valence-corrected chi connectivity index (χ1v) is 18.8. The number of Topliss-reactive ketones (excluding diaryl/α,β-unsaturated/α-hetero) is 2. The average molecular weight is 752 g/mol. The highest BCUT2D eigenvalue weighted by atomic mass is 16.5. The summed E-state index contributed by atoms with van der Waals surface area (Å²) in [6.45, 7) is 1.62. The fourth-order valence-electron chi connectivity index (χ4n) is 7.43. The highest BCUT2D eigenvalue weighted by molar-refractivity contribution is 6.24. The van der Waals surface area contributed by atoms with Gasteiger partial charge in [-0.25, -0.2) is 4.98 Å². The molecule has 2 aromatic carbocycles. The fourth-order valence-corrected chi connectivity index (χ4v) is 7.43. The lowest BCUT2D eigenvalue weighted by Gasteiger charge is -2.24. The van der Waals surface area contributed by atoms with E-state index in [0.717, 1.165) is 45.6 Å². The Labute approximate surface area is 320 Å². The number of unbranched alkanes of at least 4 members (excludes halogenated alkanes) is 2. The normalized spacial score (nSPS) is 16.3. The molecule has 1 unspecified atom stereocenters. The second-order valence-corrected chi connectivity index (χ2v) is 14.4. The van der Waals surface area contributed by atoms with Gasteiger partial charge in [-0.2, -0.15) is 0 Å². The van der Waals surface area contributed by atoms with Crippen LogP contribution in [0.15, 0.2) is 53.6 Å². The number of pyridine rings is 2. The van der Waals surface area contributed by atoms with E-state index in [1.165, 1.54) is 0 Å². The van der Waals surface area contributed by atoms with Crippen LogP contribution in [0.1, 0.15) is 84.1 Å². The third kappa shape index (κ3) is 8.41. The number of nitrogens with one attached hydrogen (secondary N) is 1. The van der Waals surface area contributed by atoms with Gasteiger partial charge in [-0.3, -0.25) is 28.9 Å². The molecule has 0 radical (unpaired) electrons. The van der Waals surface area contributed by atoms with Gasteiger partial charge < -0.3 is 29.0 Å². The SMILES string of the molecule is COc1cc(-c2cn(C)c(=O)c3cnc(NCCCCCOc4cccc5c4C(=O)N(C4CCC(=O)CCCCC4=O)C5=O)cc23)c(OC)cc1CN(C)C. The standard InChI is InChI=1S/C42H49N5O8/c1-45(2)24-26-20-37(54-5)30(21-36(26)53-4)32-25-46(3)40(50)31-23-44-38(22-29(31)32)43-18-9-6-10-19-55-35-15-11-13-28-39(35)42(52)47(41(28)51)33-17-16-27(48)12-7-8-14-34(33)49/h11,13,15,20-23,25,33H,6-10,12,14,16-19,24H2,1-5H3,(H,43,44). The second-order valence-electron chi connectivity index (χ2n) is 14.4. The first-order valence-electron chi connectivity index (χ1n) is 18.8. The lowest BCUT2D eigenvalue weighted by molar-refractivity contribution is -0.123. The van der Waals surface area contributed by atoms with Crippen LogP contribution < -0.4 is 25.1 Å². The van der Waals surface area contributed by atoms with E-state index in [0.29, 0.717) is 68.1 Å². The topological polar surface area (TPSA) is 149 Å². The molecule has 1 saturated carbocycles. The molecule has 13 nitrogen and oxygen atoms in total. The van der Waals surface area contributed by atoms with Crippen molar-refractivity contribution in [1.82, 2.24) is 19.4 Å². The Balaban J connectivity index is 1.08. The average Bonchev–Trinajstić information content (AvgIpc) is 3.46. The van der Waals surface area contributed by atoms with E-state index in [-0.39, 0.29) is 47.5 Å². The van der Waals surface area contributed by atoms with Gasteiger partial charge in [0, 0.05) is 73.9 Å². The van der Waals surface area contributed by atoms with Gasteiger partial charge in [0.1, 0.15) is 28.8 Å². The first kappa shape index (κ1) is 39.1. The van der Waals surface area contributed by atoms with Crippen LogP contribution in [0.3, 0.4) is 0 Å². The van der Waals surface area contributed by atoms with Gasteiger partial charge >= 0.3 is 0 Å². The number of benzene rings is 2. The number of hydrogen-bond donors (Lipinski definition) is 1. The molecular formula is C42H49N5O8. The van der Waals surface area contributed by atoms with Crippen LogP contribution >= 0.6 is 0 Å². The highest BCUT2D eigenvalue weighted by Gasteiger charge is 2.44. The lowest BCUT2D eigenvalue weighted by Crippen LogP contribution is -2.45. The predicted molar refractivity (Wildman–Crippen MR) is 209 cm³/mol. The molecule has 3 heterocycles. The zero-order chi connectivity index (χ0) is 39.2. The summed E-state index contributed by atoms with van der Waals surface area (Å²) in [5.41, 5.74) is 2.81. The number of ether oxygens (including phenoxy) is 3. The van der Waals surface area contributed by atoms with E-state index in [1.54, 1.807) is 50.2 Å². The molecule has 2 aliphatic rings. The molecule has 2 amide bonds.